The van der Waals surface area contributed by atoms with Crippen LogP contribution in [0.3, 0.4) is 0 Å². The summed E-state index contributed by atoms with van der Waals surface area (Å²) in [4.78, 5) is 1.39. The Morgan fingerprint density at radius 3 is 2.69 bits per heavy atom. The molecule has 0 bridgehead atoms. The highest BCUT2D eigenvalue weighted by Gasteiger charge is 2.35. The molecule has 3 atom stereocenters. The number of benzene rings is 2. The third-order valence-corrected chi connectivity index (χ3v) is 7.72. The Hall–Kier alpha value is -1.25. The van der Waals surface area contributed by atoms with Crippen LogP contribution in [0.15, 0.2) is 53.4 Å². The van der Waals surface area contributed by atoms with Crippen molar-refractivity contribution in [2.45, 2.75) is 56.3 Å². The Morgan fingerprint density at radius 1 is 1.08 bits per heavy atom. The first-order valence-electron chi connectivity index (χ1n) is 10.1. The minimum atomic E-state index is 0.139. The van der Waals surface area contributed by atoms with Crippen LogP contribution in [0.2, 0.25) is 0 Å². The molecular formula is C24H30OS. The number of rotatable bonds is 5. The van der Waals surface area contributed by atoms with Crippen molar-refractivity contribution >= 4 is 11.8 Å². The van der Waals surface area contributed by atoms with Crippen molar-refractivity contribution in [3.63, 3.8) is 0 Å². The van der Waals surface area contributed by atoms with Crippen LogP contribution in [-0.2, 0) is 12.8 Å². The van der Waals surface area contributed by atoms with Crippen LogP contribution in [0.4, 0.5) is 0 Å². The molecule has 0 spiro atoms. The molecule has 0 aliphatic heterocycles. The quantitative estimate of drug-likeness (QED) is 0.670. The molecule has 1 saturated carbocycles. The Kier molecular flexibility index (Phi) is 5.42. The molecule has 0 aromatic heterocycles. The number of fused-ring (bicyclic) bond motifs is 1. The van der Waals surface area contributed by atoms with Gasteiger partial charge in [0.05, 0.1) is 0 Å². The van der Waals surface area contributed by atoms with Gasteiger partial charge in [-0.1, -0.05) is 43.3 Å². The van der Waals surface area contributed by atoms with Gasteiger partial charge in [0, 0.05) is 17.3 Å². The molecule has 0 amide bonds. The van der Waals surface area contributed by atoms with E-state index in [9.17, 15) is 5.11 Å². The van der Waals surface area contributed by atoms with Gasteiger partial charge in [-0.15, -0.1) is 11.8 Å². The highest BCUT2D eigenvalue weighted by molar-refractivity contribution is 7.99. The molecule has 2 aliphatic rings. The minimum Gasteiger partial charge on any atom is -0.396 e. The van der Waals surface area contributed by atoms with E-state index in [0.29, 0.717) is 12.5 Å². The largest absolute Gasteiger partial charge is 0.396 e. The van der Waals surface area contributed by atoms with E-state index < -0.39 is 0 Å². The average Bonchev–Trinajstić information content (AvgIpc) is 3.09. The predicted octanol–water partition coefficient (Wildman–Crippen LogP) is 5.85. The maximum absolute atomic E-state index is 9.64. The van der Waals surface area contributed by atoms with Crippen molar-refractivity contribution in [3.8, 4) is 0 Å². The molecule has 138 valence electrons. The Balaban J connectivity index is 1.38. The third-order valence-electron chi connectivity index (χ3n) is 6.48. The van der Waals surface area contributed by atoms with Gasteiger partial charge < -0.3 is 5.11 Å². The highest BCUT2D eigenvalue weighted by atomic mass is 32.2. The van der Waals surface area contributed by atoms with E-state index in [2.05, 4.69) is 55.5 Å². The van der Waals surface area contributed by atoms with Crippen LogP contribution in [0.1, 0.15) is 55.2 Å². The second kappa shape index (κ2) is 7.78. The summed E-state index contributed by atoms with van der Waals surface area (Å²) in [5, 5.41) is 9.64. The summed E-state index contributed by atoms with van der Waals surface area (Å²) < 4.78 is 0. The molecule has 2 heteroatoms. The minimum absolute atomic E-state index is 0.139. The summed E-state index contributed by atoms with van der Waals surface area (Å²) >= 11 is 2.00. The zero-order valence-corrected chi connectivity index (χ0v) is 16.6. The fourth-order valence-corrected chi connectivity index (χ4v) is 5.79. The zero-order chi connectivity index (χ0) is 18.0. The van der Waals surface area contributed by atoms with E-state index in [1.54, 1.807) is 11.1 Å². The second-order valence-electron chi connectivity index (χ2n) is 8.67. The zero-order valence-electron chi connectivity index (χ0n) is 15.8. The highest BCUT2D eigenvalue weighted by Crippen LogP contribution is 2.46. The topological polar surface area (TPSA) is 20.2 Å². The number of hydrogen-bond acceptors (Lipinski definition) is 2. The summed E-state index contributed by atoms with van der Waals surface area (Å²) in [6, 6.07) is 18.0. The van der Waals surface area contributed by atoms with Gasteiger partial charge in [0.1, 0.15) is 0 Å². The molecule has 2 aliphatic carbocycles. The maximum atomic E-state index is 9.64. The van der Waals surface area contributed by atoms with Crippen molar-refractivity contribution in [1.29, 1.82) is 0 Å². The molecule has 0 heterocycles. The van der Waals surface area contributed by atoms with Crippen molar-refractivity contribution < 1.29 is 5.11 Å². The number of aliphatic hydroxyl groups excluding tert-OH is 1. The molecule has 0 radical (unpaired) electrons. The second-order valence-corrected chi connectivity index (χ2v) is 9.76. The van der Waals surface area contributed by atoms with Crippen LogP contribution < -0.4 is 0 Å². The van der Waals surface area contributed by atoms with Crippen molar-refractivity contribution in [2.24, 2.45) is 11.3 Å². The summed E-state index contributed by atoms with van der Waals surface area (Å²) in [5.74, 6) is 2.66. The van der Waals surface area contributed by atoms with Crippen LogP contribution in [0, 0.1) is 11.3 Å². The molecule has 4 rings (SSSR count). The van der Waals surface area contributed by atoms with E-state index in [4.69, 9.17) is 0 Å². The summed E-state index contributed by atoms with van der Waals surface area (Å²) in [7, 11) is 0. The molecule has 0 saturated heterocycles. The normalized spacial score (nSPS) is 28.1. The van der Waals surface area contributed by atoms with Crippen molar-refractivity contribution in [3.05, 3.63) is 65.2 Å². The maximum Gasteiger partial charge on any atom is 0.0484 e. The number of aryl methyl sites for hydroxylation is 1. The van der Waals surface area contributed by atoms with Gasteiger partial charge in [-0.25, -0.2) is 0 Å². The summed E-state index contributed by atoms with van der Waals surface area (Å²) in [6.45, 7) is 2.57. The first-order chi connectivity index (χ1) is 12.6. The number of hydrogen-bond donors (Lipinski definition) is 1. The Labute approximate surface area is 162 Å². The number of aliphatic hydroxyl groups is 1. The first kappa shape index (κ1) is 18.1. The average molecular weight is 367 g/mol. The fraction of sp³-hybridized carbons (Fsp3) is 0.500. The fourth-order valence-electron chi connectivity index (χ4n) is 4.73. The molecular weight excluding hydrogens is 336 g/mol. The van der Waals surface area contributed by atoms with Crippen LogP contribution in [0.25, 0.3) is 0 Å². The molecule has 26 heavy (non-hydrogen) atoms. The lowest BCUT2D eigenvalue weighted by Crippen LogP contribution is -2.17. The Morgan fingerprint density at radius 2 is 1.92 bits per heavy atom. The van der Waals surface area contributed by atoms with Gasteiger partial charge in [0.25, 0.3) is 0 Å². The lowest BCUT2D eigenvalue weighted by molar-refractivity contribution is 0.147. The lowest BCUT2D eigenvalue weighted by atomic mass is 9.81. The summed E-state index contributed by atoms with van der Waals surface area (Å²) in [5.41, 5.74) is 4.81. The van der Waals surface area contributed by atoms with Gasteiger partial charge >= 0.3 is 0 Å². The van der Waals surface area contributed by atoms with Gasteiger partial charge in [-0.2, -0.15) is 0 Å². The van der Waals surface area contributed by atoms with Crippen LogP contribution >= 0.6 is 11.8 Å². The van der Waals surface area contributed by atoms with Gasteiger partial charge in [0.15, 0.2) is 0 Å². The molecule has 1 N–H and O–H groups in total. The smallest absolute Gasteiger partial charge is 0.0484 e. The molecule has 2 aromatic rings. The van der Waals surface area contributed by atoms with E-state index in [0.717, 1.165) is 18.8 Å². The standard InChI is InChI=1S/C24H30OS/c1-24(17-25)12-11-22(15-24)21-10-9-19-13-18(7-8-20(19)14-21)16-26-23-5-3-2-4-6-23/h2-6,9-10,14,18,22,25H,7-8,11-13,15-17H2,1H3/t18-,22+,24+/m1/s1. The van der Waals surface area contributed by atoms with Crippen LogP contribution in [0.5, 0.6) is 0 Å². The predicted molar refractivity (Wildman–Crippen MR) is 111 cm³/mol. The van der Waals surface area contributed by atoms with Crippen LogP contribution in [-0.4, -0.2) is 17.5 Å². The molecule has 1 nitrogen and oxygen atoms in total. The molecule has 1 fully saturated rings. The SMILES string of the molecule is C[C@]1(CO)CC[C@H](c2ccc3c(c2)CC[C@@H](CSc2ccccc2)C3)C1. The van der Waals surface area contributed by atoms with Gasteiger partial charge in [0.2, 0.25) is 0 Å². The van der Waals surface area contributed by atoms with Gasteiger partial charge in [-0.05, 0) is 84.6 Å². The monoisotopic (exact) mass is 366 g/mol. The molecule has 0 unspecified atom stereocenters. The Bertz CT molecular complexity index is 741. The van der Waals surface area contributed by atoms with E-state index in [1.807, 2.05) is 11.8 Å². The summed E-state index contributed by atoms with van der Waals surface area (Å²) in [6.07, 6.45) is 7.30. The third kappa shape index (κ3) is 4.02. The lowest BCUT2D eigenvalue weighted by Gasteiger charge is -2.26. The van der Waals surface area contributed by atoms with Crippen molar-refractivity contribution in [2.75, 3.05) is 12.4 Å². The number of thioether (sulfide) groups is 1. The van der Waals surface area contributed by atoms with E-state index in [-0.39, 0.29) is 5.41 Å². The van der Waals surface area contributed by atoms with E-state index >= 15 is 0 Å². The van der Waals surface area contributed by atoms with Gasteiger partial charge in [-0.3, -0.25) is 0 Å². The molecule has 2 aromatic carbocycles. The first-order valence-corrected chi connectivity index (χ1v) is 11.0. The van der Waals surface area contributed by atoms with E-state index in [1.165, 1.54) is 41.9 Å². The van der Waals surface area contributed by atoms with Crippen molar-refractivity contribution in [1.82, 2.24) is 0 Å².